The first-order valence-electron chi connectivity index (χ1n) is 4.39. The third-order valence-corrected chi connectivity index (χ3v) is 2.71. The number of nitrogens with two attached hydrogens (primary N) is 1. The van der Waals surface area contributed by atoms with Gasteiger partial charge in [0.15, 0.2) is 0 Å². The van der Waals surface area contributed by atoms with Gasteiger partial charge in [-0.05, 0) is 34.1 Å². The fraction of sp³-hybridized carbons (Fsp3) is 0.100. The highest BCUT2D eigenvalue weighted by molar-refractivity contribution is 9.10. The van der Waals surface area contributed by atoms with Gasteiger partial charge in [-0.1, -0.05) is 0 Å². The van der Waals surface area contributed by atoms with E-state index < -0.39 is 0 Å². The predicted octanol–water partition coefficient (Wildman–Crippen LogP) is 2.23. The normalized spacial score (nSPS) is 10.6. The van der Waals surface area contributed by atoms with Crippen molar-refractivity contribution in [3.63, 3.8) is 0 Å². The summed E-state index contributed by atoms with van der Waals surface area (Å²) in [5, 5.41) is 0. The second-order valence-electron chi connectivity index (χ2n) is 3.06. The number of rotatable bonds is 2. The lowest BCUT2D eigenvalue weighted by molar-refractivity contribution is 0.620. The van der Waals surface area contributed by atoms with Crippen LogP contribution in [-0.4, -0.2) is 9.55 Å². The van der Waals surface area contributed by atoms with E-state index in [2.05, 4.69) is 20.9 Å². The first-order chi connectivity index (χ1) is 7.22. The van der Waals surface area contributed by atoms with Gasteiger partial charge in [0, 0.05) is 18.4 Å². The maximum Gasteiger partial charge on any atom is 0.137 e. The van der Waals surface area contributed by atoms with Crippen molar-refractivity contribution in [3.05, 3.63) is 46.7 Å². The smallest absolute Gasteiger partial charge is 0.137 e. The monoisotopic (exact) mass is 269 g/mol. The van der Waals surface area contributed by atoms with Gasteiger partial charge in [0.1, 0.15) is 5.82 Å². The van der Waals surface area contributed by atoms with E-state index in [-0.39, 0.29) is 5.82 Å². The predicted molar refractivity (Wildman–Crippen MR) is 59.1 cm³/mol. The lowest BCUT2D eigenvalue weighted by Gasteiger charge is -2.07. The summed E-state index contributed by atoms with van der Waals surface area (Å²) in [6.07, 6.45) is 3.35. The van der Waals surface area contributed by atoms with Crippen molar-refractivity contribution >= 4 is 15.9 Å². The van der Waals surface area contributed by atoms with Crippen LogP contribution in [0.3, 0.4) is 0 Å². The Kier molecular flexibility index (Phi) is 2.83. The number of nitrogens with zero attached hydrogens (tertiary/aromatic N) is 2. The average Bonchev–Trinajstić information content (AvgIpc) is 2.70. The Hall–Kier alpha value is -1.20. The minimum Gasteiger partial charge on any atom is -0.325 e. The molecule has 0 amide bonds. The molecule has 0 saturated carbocycles. The highest BCUT2D eigenvalue weighted by Crippen LogP contribution is 2.20. The van der Waals surface area contributed by atoms with Crippen molar-refractivity contribution < 1.29 is 4.39 Å². The molecule has 0 aliphatic rings. The molecule has 0 unspecified atom stereocenters. The topological polar surface area (TPSA) is 43.8 Å². The third kappa shape index (κ3) is 1.93. The zero-order chi connectivity index (χ0) is 10.8. The van der Waals surface area contributed by atoms with E-state index in [0.29, 0.717) is 11.0 Å². The molecular formula is C10H9BrFN3. The van der Waals surface area contributed by atoms with Gasteiger partial charge in [-0.15, -0.1) is 0 Å². The van der Waals surface area contributed by atoms with E-state index in [9.17, 15) is 4.39 Å². The zero-order valence-electron chi connectivity index (χ0n) is 7.82. The maximum atomic E-state index is 13.0. The van der Waals surface area contributed by atoms with E-state index in [4.69, 9.17) is 5.73 Å². The minimum atomic E-state index is -0.284. The summed E-state index contributed by atoms with van der Waals surface area (Å²) in [6.45, 7) is 0.398. The van der Waals surface area contributed by atoms with E-state index in [0.717, 1.165) is 11.4 Å². The molecule has 0 bridgehead atoms. The quantitative estimate of drug-likeness (QED) is 0.909. The maximum absolute atomic E-state index is 13.0. The van der Waals surface area contributed by atoms with E-state index in [1.807, 2.05) is 4.57 Å². The van der Waals surface area contributed by atoms with Crippen LogP contribution in [0.4, 0.5) is 4.39 Å². The summed E-state index contributed by atoms with van der Waals surface area (Å²) in [5.74, 6) is -0.284. The van der Waals surface area contributed by atoms with Crippen molar-refractivity contribution in [1.29, 1.82) is 0 Å². The van der Waals surface area contributed by atoms with Gasteiger partial charge in [0.05, 0.1) is 16.5 Å². The summed E-state index contributed by atoms with van der Waals surface area (Å²) in [7, 11) is 0. The number of hydrogen-bond acceptors (Lipinski definition) is 2. The number of benzene rings is 1. The zero-order valence-corrected chi connectivity index (χ0v) is 9.41. The molecule has 0 aliphatic carbocycles. The largest absolute Gasteiger partial charge is 0.325 e. The molecule has 0 spiro atoms. The Bertz CT molecular complexity index is 481. The van der Waals surface area contributed by atoms with E-state index in [1.165, 1.54) is 6.07 Å². The van der Waals surface area contributed by atoms with Gasteiger partial charge in [-0.25, -0.2) is 9.37 Å². The molecule has 0 atom stereocenters. The summed E-state index contributed by atoms with van der Waals surface area (Å²) < 4.78 is 15.3. The van der Waals surface area contributed by atoms with Crippen molar-refractivity contribution in [2.24, 2.45) is 5.73 Å². The molecular weight excluding hydrogens is 261 g/mol. The van der Waals surface area contributed by atoms with Crippen molar-refractivity contribution in [2.45, 2.75) is 6.54 Å². The Morgan fingerprint density at radius 3 is 2.93 bits per heavy atom. The summed E-state index contributed by atoms with van der Waals surface area (Å²) in [4.78, 5) is 4.00. The molecule has 2 rings (SSSR count). The summed E-state index contributed by atoms with van der Waals surface area (Å²) in [6, 6.07) is 4.77. The number of imidazole rings is 1. The molecule has 2 N–H and O–H groups in total. The molecule has 0 fully saturated rings. The van der Waals surface area contributed by atoms with Crippen LogP contribution in [0.15, 0.2) is 35.2 Å². The van der Waals surface area contributed by atoms with Crippen LogP contribution in [0.25, 0.3) is 5.69 Å². The number of hydrogen-bond donors (Lipinski definition) is 1. The lowest BCUT2D eigenvalue weighted by atomic mass is 10.3. The summed E-state index contributed by atoms with van der Waals surface area (Å²) >= 11 is 3.14. The highest BCUT2D eigenvalue weighted by atomic mass is 79.9. The van der Waals surface area contributed by atoms with Gasteiger partial charge >= 0.3 is 0 Å². The molecule has 2 aromatic rings. The van der Waals surface area contributed by atoms with E-state index in [1.54, 1.807) is 24.7 Å². The van der Waals surface area contributed by atoms with Crippen molar-refractivity contribution in [3.8, 4) is 5.69 Å². The Labute approximate surface area is 94.9 Å². The van der Waals surface area contributed by atoms with Crippen molar-refractivity contribution in [1.82, 2.24) is 9.55 Å². The van der Waals surface area contributed by atoms with Gasteiger partial charge in [-0.2, -0.15) is 0 Å². The van der Waals surface area contributed by atoms with Crippen LogP contribution in [0.2, 0.25) is 0 Å². The van der Waals surface area contributed by atoms with Crippen LogP contribution in [0, 0.1) is 5.82 Å². The molecule has 0 aliphatic heterocycles. The van der Waals surface area contributed by atoms with Crippen LogP contribution >= 0.6 is 15.9 Å². The Balaban J connectivity index is 2.50. The molecule has 15 heavy (non-hydrogen) atoms. The van der Waals surface area contributed by atoms with Crippen LogP contribution in [0.5, 0.6) is 0 Å². The van der Waals surface area contributed by atoms with Gasteiger partial charge < -0.3 is 10.3 Å². The molecule has 0 saturated heterocycles. The molecule has 1 heterocycles. The number of aromatic nitrogens is 2. The second kappa shape index (κ2) is 4.12. The average molecular weight is 270 g/mol. The molecule has 5 heteroatoms. The van der Waals surface area contributed by atoms with E-state index >= 15 is 0 Å². The van der Waals surface area contributed by atoms with Crippen LogP contribution in [-0.2, 0) is 6.54 Å². The summed E-state index contributed by atoms with van der Waals surface area (Å²) in [5.41, 5.74) is 7.27. The van der Waals surface area contributed by atoms with Gasteiger partial charge in [0.25, 0.3) is 0 Å². The Morgan fingerprint density at radius 1 is 1.47 bits per heavy atom. The Morgan fingerprint density at radius 2 is 2.27 bits per heavy atom. The first kappa shape index (κ1) is 10.3. The fourth-order valence-corrected chi connectivity index (χ4v) is 1.71. The fourth-order valence-electron chi connectivity index (χ4n) is 1.34. The minimum absolute atomic E-state index is 0.284. The van der Waals surface area contributed by atoms with Crippen LogP contribution < -0.4 is 5.73 Å². The van der Waals surface area contributed by atoms with Gasteiger partial charge in [-0.3, -0.25) is 0 Å². The van der Waals surface area contributed by atoms with Crippen molar-refractivity contribution in [2.75, 3.05) is 0 Å². The molecule has 3 nitrogen and oxygen atoms in total. The van der Waals surface area contributed by atoms with Gasteiger partial charge in [0.2, 0.25) is 0 Å². The third-order valence-electron chi connectivity index (χ3n) is 2.11. The molecule has 1 aromatic carbocycles. The molecule has 1 aromatic heterocycles. The number of halogens is 2. The molecule has 78 valence electrons. The highest BCUT2D eigenvalue weighted by Gasteiger charge is 2.05. The lowest BCUT2D eigenvalue weighted by Crippen LogP contribution is -2.04. The van der Waals surface area contributed by atoms with Crippen LogP contribution in [0.1, 0.15) is 5.69 Å². The first-order valence-corrected chi connectivity index (χ1v) is 5.18. The second-order valence-corrected chi connectivity index (χ2v) is 3.91. The standard InChI is InChI=1S/C10H9BrFN3/c11-9-3-7(1-2-10(9)12)15-6-14-5-8(15)4-13/h1-3,5-6H,4,13H2. The molecule has 0 radical (unpaired) electrons. The SMILES string of the molecule is NCc1cncn1-c1ccc(F)c(Br)c1.